The lowest BCUT2D eigenvalue weighted by Gasteiger charge is -2.31. The number of hydrogen-bond acceptors (Lipinski definition) is 4. The zero-order chi connectivity index (χ0) is 24.4. The quantitative estimate of drug-likeness (QED) is 0.417. The normalized spacial score (nSPS) is 20.1. The van der Waals surface area contributed by atoms with Crippen LogP contribution in [0.25, 0.3) is 0 Å². The van der Waals surface area contributed by atoms with Gasteiger partial charge >= 0.3 is 0 Å². The Kier molecular flexibility index (Phi) is 7.83. The first-order valence-corrected chi connectivity index (χ1v) is 13.1. The van der Waals surface area contributed by atoms with Gasteiger partial charge in [0.25, 0.3) is 0 Å². The lowest BCUT2D eigenvalue weighted by molar-refractivity contribution is -0.121. The Bertz CT molecular complexity index is 1060. The molecule has 5 nitrogen and oxygen atoms in total. The van der Waals surface area contributed by atoms with Gasteiger partial charge in [-0.2, -0.15) is 0 Å². The number of carbonyl (C=O) groups is 2. The van der Waals surface area contributed by atoms with Crippen molar-refractivity contribution >= 4 is 52.1 Å². The van der Waals surface area contributed by atoms with Gasteiger partial charge in [-0.05, 0) is 62.1 Å². The molecule has 1 saturated carbocycles. The predicted octanol–water partition coefficient (Wildman–Crippen LogP) is 6.95. The van der Waals surface area contributed by atoms with Gasteiger partial charge in [0.05, 0.1) is 16.4 Å². The number of nitrogens with one attached hydrogen (secondary N) is 1. The van der Waals surface area contributed by atoms with Crippen LogP contribution in [0.1, 0.15) is 75.1 Å². The van der Waals surface area contributed by atoms with Crippen molar-refractivity contribution < 1.29 is 9.59 Å². The molecule has 1 aliphatic carbocycles. The van der Waals surface area contributed by atoms with E-state index in [0.717, 1.165) is 31.6 Å². The molecule has 4 rings (SSSR count). The van der Waals surface area contributed by atoms with Gasteiger partial charge in [0.2, 0.25) is 5.91 Å². The van der Waals surface area contributed by atoms with Crippen LogP contribution in [0, 0.1) is 12.8 Å². The molecule has 0 bridgehead atoms. The SMILES string of the molecule is Cc1nc(N2CCCc3cc(C(C)C)ccc32)cc(Cl)c1NC(=O)CCCC1CC(Cl)CC1=O. The topological polar surface area (TPSA) is 62.3 Å². The van der Waals surface area contributed by atoms with E-state index in [1.807, 2.05) is 13.0 Å². The van der Waals surface area contributed by atoms with Crippen LogP contribution >= 0.6 is 23.2 Å². The molecule has 7 heteroatoms. The predicted molar refractivity (Wildman–Crippen MR) is 140 cm³/mol. The van der Waals surface area contributed by atoms with E-state index in [1.54, 1.807) is 0 Å². The summed E-state index contributed by atoms with van der Waals surface area (Å²) >= 11 is 12.7. The Morgan fingerprint density at radius 3 is 2.76 bits per heavy atom. The molecule has 2 heterocycles. The minimum atomic E-state index is -0.114. The molecule has 2 unspecified atom stereocenters. The Labute approximate surface area is 212 Å². The minimum absolute atomic E-state index is 0.00869. The number of nitrogens with zero attached hydrogens (tertiary/aromatic N) is 2. The fourth-order valence-electron chi connectivity index (χ4n) is 5.02. The molecule has 0 spiro atoms. The second kappa shape index (κ2) is 10.7. The first-order chi connectivity index (χ1) is 16.2. The van der Waals surface area contributed by atoms with Crippen LogP contribution in [0.3, 0.4) is 0 Å². The van der Waals surface area contributed by atoms with Crippen LogP contribution < -0.4 is 10.2 Å². The number of halogens is 2. The lowest BCUT2D eigenvalue weighted by atomic mass is 9.95. The minimum Gasteiger partial charge on any atom is -0.326 e. The molecule has 182 valence electrons. The summed E-state index contributed by atoms with van der Waals surface area (Å²) in [6, 6.07) is 8.53. The summed E-state index contributed by atoms with van der Waals surface area (Å²) in [6.07, 6.45) is 4.97. The van der Waals surface area contributed by atoms with Crippen molar-refractivity contribution in [3.05, 3.63) is 46.1 Å². The molecular formula is C27H33Cl2N3O2. The van der Waals surface area contributed by atoms with E-state index >= 15 is 0 Å². The number of benzene rings is 1. The third kappa shape index (κ3) is 5.58. The molecule has 0 saturated heterocycles. The maximum absolute atomic E-state index is 12.6. The first-order valence-electron chi connectivity index (χ1n) is 12.3. The molecule has 1 aromatic carbocycles. The van der Waals surface area contributed by atoms with Crippen LogP contribution in [-0.2, 0) is 16.0 Å². The molecule has 1 aliphatic heterocycles. The van der Waals surface area contributed by atoms with Crippen molar-refractivity contribution in [2.24, 2.45) is 5.92 Å². The van der Waals surface area contributed by atoms with Crippen molar-refractivity contribution in [1.82, 2.24) is 4.98 Å². The molecule has 2 aromatic rings. The average molecular weight is 502 g/mol. The summed E-state index contributed by atoms with van der Waals surface area (Å²) in [4.78, 5) is 31.5. The number of hydrogen-bond donors (Lipinski definition) is 1. The number of ketones is 1. The molecule has 0 radical (unpaired) electrons. The molecule has 1 fully saturated rings. The van der Waals surface area contributed by atoms with Crippen molar-refractivity contribution in [1.29, 1.82) is 0 Å². The van der Waals surface area contributed by atoms with Crippen LogP contribution in [0.4, 0.5) is 17.2 Å². The highest BCUT2D eigenvalue weighted by molar-refractivity contribution is 6.34. The van der Waals surface area contributed by atoms with E-state index < -0.39 is 0 Å². The molecule has 1 amide bonds. The fourth-order valence-corrected chi connectivity index (χ4v) is 5.67. The number of alkyl halides is 1. The lowest BCUT2D eigenvalue weighted by Crippen LogP contribution is -2.26. The maximum atomic E-state index is 12.6. The third-order valence-corrected chi connectivity index (χ3v) is 7.57. The standard InChI is InChI=1S/C27H33Cl2N3O2/c1-16(2)18-9-10-23-19(12-18)7-5-11-32(23)25-15-22(29)27(17(3)30-25)31-26(34)8-4-6-20-13-21(28)14-24(20)33/h9-10,12,15-16,20-21H,4-8,11,13-14H2,1-3H3,(H,31,34). The number of aromatic nitrogens is 1. The van der Waals surface area contributed by atoms with Crippen LogP contribution in [-0.4, -0.2) is 28.6 Å². The van der Waals surface area contributed by atoms with Crippen molar-refractivity contribution in [2.45, 2.75) is 77.0 Å². The summed E-state index contributed by atoms with van der Waals surface area (Å²) in [7, 11) is 0. The number of fused-ring (bicyclic) bond motifs is 1. The van der Waals surface area contributed by atoms with Gasteiger partial charge in [-0.1, -0.05) is 37.6 Å². The van der Waals surface area contributed by atoms with Crippen LogP contribution in [0.2, 0.25) is 5.02 Å². The summed E-state index contributed by atoms with van der Waals surface area (Å²) in [6.45, 7) is 7.17. The van der Waals surface area contributed by atoms with E-state index in [4.69, 9.17) is 28.2 Å². The number of rotatable bonds is 7. The number of anilines is 3. The van der Waals surface area contributed by atoms with E-state index in [-0.39, 0.29) is 23.0 Å². The van der Waals surface area contributed by atoms with Crippen molar-refractivity contribution in [2.75, 3.05) is 16.8 Å². The summed E-state index contributed by atoms with van der Waals surface area (Å²) in [5.41, 5.74) is 5.11. The Morgan fingerprint density at radius 2 is 2.09 bits per heavy atom. The van der Waals surface area contributed by atoms with Gasteiger partial charge in [0, 0.05) is 42.4 Å². The monoisotopic (exact) mass is 501 g/mol. The molecule has 2 aliphatic rings. The second-order valence-corrected chi connectivity index (χ2v) is 10.9. The zero-order valence-electron chi connectivity index (χ0n) is 20.2. The largest absolute Gasteiger partial charge is 0.326 e. The van der Waals surface area contributed by atoms with E-state index in [2.05, 4.69) is 42.3 Å². The van der Waals surface area contributed by atoms with E-state index in [9.17, 15) is 9.59 Å². The fraction of sp³-hybridized carbons (Fsp3) is 0.519. The zero-order valence-corrected chi connectivity index (χ0v) is 21.7. The number of carbonyl (C=O) groups excluding carboxylic acids is 2. The van der Waals surface area contributed by atoms with Gasteiger partial charge in [0.1, 0.15) is 11.6 Å². The molecule has 1 N–H and O–H groups in total. The highest BCUT2D eigenvalue weighted by atomic mass is 35.5. The van der Waals surface area contributed by atoms with Crippen molar-refractivity contribution in [3.8, 4) is 0 Å². The highest BCUT2D eigenvalue weighted by Crippen LogP contribution is 2.37. The summed E-state index contributed by atoms with van der Waals surface area (Å²) in [5.74, 6) is 1.39. The molecule has 1 aromatic heterocycles. The molecule has 2 atom stereocenters. The van der Waals surface area contributed by atoms with E-state index in [1.165, 1.54) is 16.8 Å². The van der Waals surface area contributed by atoms with Gasteiger partial charge < -0.3 is 10.2 Å². The smallest absolute Gasteiger partial charge is 0.224 e. The van der Waals surface area contributed by atoms with Gasteiger partial charge in [-0.15, -0.1) is 11.6 Å². The Morgan fingerprint density at radius 1 is 1.29 bits per heavy atom. The Balaban J connectivity index is 1.43. The summed E-state index contributed by atoms with van der Waals surface area (Å²) < 4.78 is 0. The number of pyridine rings is 1. The Hall–Kier alpha value is -2.11. The first kappa shape index (κ1) is 25.0. The number of aryl methyl sites for hydroxylation is 2. The number of Topliss-reactive ketones (excluding diaryl/α,β-unsaturated/α-hetero) is 1. The summed E-state index contributed by atoms with van der Waals surface area (Å²) in [5, 5.41) is 3.36. The third-order valence-electron chi connectivity index (χ3n) is 6.94. The maximum Gasteiger partial charge on any atom is 0.224 e. The van der Waals surface area contributed by atoms with E-state index in [0.29, 0.717) is 48.0 Å². The van der Waals surface area contributed by atoms with Gasteiger partial charge in [-0.3, -0.25) is 9.59 Å². The average Bonchev–Trinajstić information content (AvgIpc) is 3.12. The van der Waals surface area contributed by atoms with Crippen molar-refractivity contribution in [3.63, 3.8) is 0 Å². The van der Waals surface area contributed by atoms with Crippen LogP contribution in [0.15, 0.2) is 24.3 Å². The van der Waals surface area contributed by atoms with Gasteiger partial charge in [0.15, 0.2) is 0 Å². The second-order valence-electron chi connectivity index (χ2n) is 9.86. The molecule has 34 heavy (non-hydrogen) atoms. The highest BCUT2D eigenvalue weighted by Gasteiger charge is 2.30. The molecular weight excluding hydrogens is 469 g/mol. The van der Waals surface area contributed by atoms with Crippen LogP contribution in [0.5, 0.6) is 0 Å². The number of amides is 1. The van der Waals surface area contributed by atoms with Gasteiger partial charge in [-0.25, -0.2) is 4.98 Å².